The second-order valence-corrected chi connectivity index (χ2v) is 6.26. The Labute approximate surface area is 143 Å². The van der Waals surface area contributed by atoms with Gasteiger partial charge in [0.2, 0.25) is 5.91 Å². The van der Waals surface area contributed by atoms with Crippen LogP contribution in [0.4, 0.5) is 0 Å². The number of piperidine rings is 1. The molecule has 6 heteroatoms. The number of hydrogen-bond donors (Lipinski definition) is 1. The van der Waals surface area contributed by atoms with Gasteiger partial charge in [-0.15, -0.1) is 0 Å². The van der Waals surface area contributed by atoms with Crippen LogP contribution in [-0.4, -0.2) is 50.6 Å². The van der Waals surface area contributed by atoms with Crippen molar-refractivity contribution in [1.82, 2.24) is 10.2 Å². The maximum atomic E-state index is 12.1. The number of rotatable bonds is 6. The van der Waals surface area contributed by atoms with E-state index in [2.05, 4.69) is 17.1 Å². The SMILES string of the molecule is COC(=O)c1cc(CNC(=O)CN2CCC(C)CC2)ccc1OC. The number of nitrogens with one attached hydrogen (secondary N) is 1. The Morgan fingerprint density at radius 3 is 2.58 bits per heavy atom. The van der Waals surface area contributed by atoms with Gasteiger partial charge in [0.05, 0.1) is 20.8 Å². The van der Waals surface area contributed by atoms with Crippen LogP contribution in [0.15, 0.2) is 18.2 Å². The molecule has 1 amide bonds. The van der Waals surface area contributed by atoms with Crippen molar-refractivity contribution in [2.75, 3.05) is 33.9 Å². The smallest absolute Gasteiger partial charge is 0.341 e. The molecule has 1 N–H and O–H groups in total. The summed E-state index contributed by atoms with van der Waals surface area (Å²) in [6.45, 7) is 5.00. The first-order chi connectivity index (χ1) is 11.5. The molecule has 1 aromatic carbocycles. The molecule has 1 fully saturated rings. The fourth-order valence-electron chi connectivity index (χ4n) is 2.81. The highest BCUT2D eigenvalue weighted by atomic mass is 16.5. The molecule has 0 saturated carbocycles. The van der Waals surface area contributed by atoms with E-state index in [4.69, 9.17) is 9.47 Å². The van der Waals surface area contributed by atoms with Gasteiger partial charge in [0, 0.05) is 6.54 Å². The first kappa shape index (κ1) is 18.3. The molecule has 1 aromatic rings. The van der Waals surface area contributed by atoms with E-state index in [0.717, 1.165) is 37.4 Å². The van der Waals surface area contributed by atoms with Crippen LogP contribution in [0.2, 0.25) is 0 Å². The number of methoxy groups -OCH3 is 2. The van der Waals surface area contributed by atoms with Crippen molar-refractivity contribution >= 4 is 11.9 Å². The molecule has 24 heavy (non-hydrogen) atoms. The Hall–Kier alpha value is -2.08. The zero-order chi connectivity index (χ0) is 17.5. The molecule has 1 saturated heterocycles. The second kappa shape index (κ2) is 8.68. The number of ether oxygens (including phenoxy) is 2. The van der Waals surface area contributed by atoms with Gasteiger partial charge in [-0.3, -0.25) is 9.69 Å². The summed E-state index contributed by atoms with van der Waals surface area (Å²) in [4.78, 5) is 26.1. The number of amides is 1. The van der Waals surface area contributed by atoms with Gasteiger partial charge in [-0.1, -0.05) is 13.0 Å². The Balaban J connectivity index is 1.89. The van der Waals surface area contributed by atoms with Gasteiger partial charge in [0.25, 0.3) is 0 Å². The lowest BCUT2D eigenvalue weighted by Crippen LogP contribution is -2.41. The second-order valence-electron chi connectivity index (χ2n) is 6.26. The van der Waals surface area contributed by atoms with Crippen LogP contribution in [-0.2, 0) is 16.1 Å². The van der Waals surface area contributed by atoms with E-state index < -0.39 is 5.97 Å². The minimum atomic E-state index is -0.456. The van der Waals surface area contributed by atoms with E-state index in [9.17, 15) is 9.59 Å². The van der Waals surface area contributed by atoms with Crippen molar-refractivity contribution < 1.29 is 19.1 Å². The van der Waals surface area contributed by atoms with E-state index in [1.165, 1.54) is 14.2 Å². The first-order valence-electron chi connectivity index (χ1n) is 8.27. The van der Waals surface area contributed by atoms with Crippen LogP contribution in [0.5, 0.6) is 5.75 Å². The summed E-state index contributed by atoms with van der Waals surface area (Å²) >= 11 is 0. The van der Waals surface area contributed by atoms with Crippen molar-refractivity contribution in [1.29, 1.82) is 0 Å². The standard InChI is InChI=1S/C18H26N2O4/c1-13-6-8-20(9-7-13)12-17(21)19-11-14-4-5-16(23-2)15(10-14)18(22)24-3/h4-5,10,13H,6-9,11-12H2,1-3H3,(H,19,21). The Morgan fingerprint density at radius 1 is 1.25 bits per heavy atom. The number of benzene rings is 1. The lowest BCUT2D eigenvalue weighted by atomic mass is 9.99. The molecule has 1 aliphatic heterocycles. The summed E-state index contributed by atoms with van der Waals surface area (Å²) in [5.74, 6) is 0.752. The first-order valence-corrected chi connectivity index (χ1v) is 8.27. The zero-order valence-electron chi connectivity index (χ0n) is 14.6. The molecular formula is C18H26N2O4. The lowest BCUT2D eigenvalue weighted by molar-refractivity contribution is -0.122. The van der Waals surface area contributed by atoms with Gasteiger partial charge < -0.3 is 14.8 Å². The quantitative estimate of drug-likeness (QED) is 0.804. The molecule has 6 nitrogen and oxygen atoms in total. The Bertz CT molecular complexity index is 580. The number of esters is 1. The van der Waals surface area contributed by atoms with Crippen LogP contribution in [0.1, 0.15) is 35.7 Å². The van der Waals surface area contributed by atoms with E-state index >= 15 is 0 Å². The van der Waals surface area contributed by atoms with Crippen molar-refractivity contribution in [3.8, 4) is 5.75 Å². The predicted molar refractivity (Wildman–Crippen MR) is 91.0 cm³/mol. The number of nitrogens with zero attached hydrogens (tertiary/aromatic N) is 1. The topological polar surface area (TPSA) is 67.9 Å². The van der Waals surface area contributed by atoms with E-state index in [1.54, 1.807) is 12.1 Å². The number of hydrogen-bond acceptors (Lipinski definition) is 5. The van der Waals surface area contributed by atoms with Gasteiger partial charge in [0.15, 0.2) is 0 Å². The molecule has 0 aliphatic carbocycles. The van der Waals surface area contributed by atoms with Crippen LogP contribution >= 0.6 is 0 Å². The summed E-state index contributed by atoms with van der Waals surface area (Å²) in [5, 5.41) is 2.91. The molecule has 132 valence electrons. The molecule has 0 bridgehead atoms. The van der Waals surface area contributed by atoms with Crippen molar-refractivity contribution in [2.45, 2.75) is 26.3 Å². The summed E-state index contributed by atoms with van der Waals surface area (Å²) in [7, 11) is 2.83. The molecular weight excluding hydrogens is 308 g/mol. The number of carbonyl (C=O) groups is 2. The molecule has 0 unspecified atom stereocenters. The average molecular weight is 334 g/mol. The van der Waals surface area contributed by atoms with Gasteiger partial charge in [-0.05, 0) is 49.5 Å². The Morgan fingerprint density at radius 2 is 1.96 bits per heavy atom. The maximum Gasteiger partial charge on any atom is 0.341 e. The van der Waals surface area contributed by atoms with E-state index in [1.807, 2.05) is 6.07 Å². The summed E-state index contributed by atoms with van der Waals surface area (Å²) in [6, 6.07) is 5.22. The highest BCUT2D eigenvalue weighted by Gasteiger charge is 2.18. The van der Waals surface area contributed by atoms with Crippen molar-refractivity contribution in [3.05, 3.63) is 29.3 Å². The van der Waals surface area contributed by atoms with Gasteiger partial charge in [0.1, 0.15) is 11.3 Å². The molecule has 0 atom stereocenters. The fourth-order valence-corrected chi connectivity index (χ4v) is 2.81. The van der Waals surface area contributed by atoms with Gasteiger partial charge >= 0.3 is 5.97 Å². The average Bonchev–Trinajstić information content (AvgIpc) is 2.61. The van der Waals surface area contributed by atoms with Gasteiger partial charge in [-0.2, -0.15) is 0 Å². The van der Waals surface area contributed by atoms with E-state index in [-0.39, 0.29) is 5.91 Å². The third-order valence-corrected chi connectivity index (χ3v) is 4.40. The van der Waals surface area contributed by atoms with Crippen LogP contribution in [0.3, 0.4) is 0 Å². The Kier molecular flexibility index (Phi) is 6.61. The third-order valence-electron chi connectivity index (χ3n) is 4.40. The monoisotopic (exact) mass is 334 g/mol. The third kappa shape index (κ3) is 4.96. The van der Waals surface area contributed by atoms with Crippen LogP contribution < -0.4 is 10.1 Å². The minimum absolute atomic E-state index is 0.0000100. The van der Waals surface area contributed by atoms with Crippen LogP contribution in [0, 0.1) is 5.92 Å². The van der Waals surface area contributed by atoms with Gasteiger partial charge in [-0.25, -0.2) is 4.79 Å². The fraction of sp³-hybridized carbons (Fsp3) is 0.556. The summed E-state index contributed by atoms with van der Waals surface area (Å²) < 4.78 is 9.92. The molecule has 0 spiro atoms. The van der Waals surface area contributed by atoms with Crippen molar-refractivity contribution in [2.24, 2.45) is 5.92 Å². The summed E-state index contributed by atoms with van der Waals surface area (Å²) in [5.41, 5.74) is 1.19. The molecule has 2 rings (SSSR count). The minimum Gasteiger partial charge on any atom is -0.496 e. The summed E-state index contributed by atoms with van der Waals surface area (Å²) in [6.07, 6.45) is 2.29. The normalized spacial score (nSPS) is 15.8. The number of likely N-dealkylation sites (tertiary alicyclic amines) is 1. The largest absolute Gasteiger partial charge is 0.496 e. The van der Waals surface area contributed by atoms with Crippen LogP contribution in [0.25, 0.3) is 0 Å². The lowest BCUT2D eigenvalue weighted by Gasteiger charge is -2.29. The molecule has 1 heterocycles. The molecule has 0 aromatic heterocycles. The molecule has 1 aliphatic rings. The predicted octanol–water partition coefficient (Wildman–Crippen LogP) is 1.83. The number of carbonyl (C=O) groups excluding carboxylic acids is 2. The maximum absolute atomic E-state index is 12.1. The van der Waals surface area contributed by atoms with E-state index in [0.29, 0.717) is 24.4 Å². The highest BCUT2D eigenvalue weighted by molar-refractivity contribution is 5.92. The van der Waals surface area contributed by atoms with Crippen molar-refractivity contribution in [3.63, 3.8) is 0 Å². The molecule has 0 radical (unpaired) electrons. The highest BCUT2D eigenvalue weighted by Crippen LogP contribution is 2.21. The zero-order valence-corrected chi connectivity index (χ0v) is 14.6.